The second-order valence-corrected chi connectivity index (χ2v) is 7.33. The number of hydrogen-bond acceptors (Lipinski definition) is 3. The number of rotatable bonds is 1. The molecule has 2 aromatic carbocycles. The lowest BCUT2D eigenvalue weighted by Crippen LogP contribution is -1.81. The zero-order valence-corrected chi connectivity index (χ0v) is 14.3. The maximum Gasteiger partial charge on any atom is 0.153 e. The fourth-order valence-corrected chi connectivity index (χ4v) is 4.52. The summed E-state index contributed by atoms with van der Waals surface area (Å²) in [5.74, 6) is 0. The Bertz CT molecular complexity index is 1210. The van der Waals surface area contributed by atoms with Crippen molar-refractivity contribution in [2.24, 2.45) is 0 Å². The summed E-state index contributed by atoms with van der Waals surface area (Å²) < 4.78 is 7.63. The van der Waals surface area contributed by atoms with Gasteiger partial charge >= 0.3 is 0 Å². The summed E-state index contributed by atoms with van der Waals surface area (Å²) in [6.07, 6.45) is 1.82. The Labute approximate surface area is 143 Å². The van der Waals surface area contributed by atoms with Crippen molar-refractivity contribution < 1.29 is 4.42 Å². The Kier molecular flexibility index (Phi) is 2.82. The van der Waals surface area contributed by atoms with Crippen molar-refractivity contribution in [1.29, 1.82) is 0 Å². The molecule has 0 radical (unpaired) electrons. The number of benzene rings is 2. The van der Waals surface area contributed by atoms with E-state index in [4.69, 9.17) is 4.42 Å². The first-order valence-corrected chi connectivity index (χ1v) is 8.81. The van der Waals surface area contributed by atoms with Gasteiger partial charge in [-0.05, 0) is 49.1 Å². The minimum absolute atomic E-state index is 0.919. The van der Waals surface area contributed by atoms with Gasteiger partial charge in [0.05, 0.1) is 10.4 Å². The van der Waals surface area contributed by atoms with Gasteiger partial charge < -0.3 is 4.42 Å². The molecule has 0 spiro atoms. The summed E-state index contributed by atoms with van der Waals surface area (Å²) >= 11 is 1.82. The van der Waals surface area contributed by atoms with Gasteiger partial charge in [-0.25, -0.2) is 0 Å². The summed E-state index contributed by atoms with van der Waals surface area (Å²) in [6, 6.07) is 16.7. The summed E-state index contributed by atoms with van der Waals surface area (Å²) in [4.78, 5) is 5.84. The summed E-state index contributed by atoms with van der Waals surface area (Å²) in [7, 11) is 0. The first kappa shape index (κ1) is 13.8. The number of nitrogens with zero attached hydrogens (tertiary/aromatic N) is 1. The molecule has 0 saturated carbocycles. The number of aromatic nitrogens is 1. The highest BCUT2D eigenvalue weighted by Crippen LogP contribution is 2.41. The van der Waals surface area contributed by atoms with Crippen LogP contribution in [0.25, 0.3) is 43.3 Å². The minimum Gasteiger partial charge on any atom is -0.454 e. The first-order chi connectivity index (χ1) is 11.7. The molecule has 5 aromatic rings. The van der Waals surface area contributed by atoms with Crippen LogP contribution in [0.3, 0.4) is 0 Å². The molecule has 116 valence electrons. The second-order valence-electron chi connectivity index (χ2n) is 6.10. The molecule has 2 nitrogen and oxygen atoms in total. The molecule has 0 bridgehead atoms. The van der Waals surface area contributed by atoms with E-state index in [9.17, 15) is 0 Å². The predicted octanol–water partition coefficient (Wildman–Crippen LogP) is 6.48. The van der Waals surface area contributed by atoms with Gasteiger partial charge in [0.2, 0.25) is 0 Å². The zero-order chi connectivity index (χ0) is 16.3. The third-order valence-electron chi connectivity index (χ3n) is 4.75. The van der Waals surface area contributed by atoms with Gasteiger partial charge in [-0.15, -0.1) is 11.3 Å². The largest absolute Gasteiger partial charge is 0.454 e. The topological polar surface area (TPSA) is 26.0 Å². The van der Waals surface area contributed by atoms with Crippen molar-refractivity contribution >= 4 is 43.4 Å². The number of pyridine rings is 1. The fourth-order valence-electron chi connectivity index (χ4n) is 3.38. The van der Waals surface area contributed by atoms with Gasteiger partial charge in [-0.2, -0.15) is 0 Å². The smallest absolute Gasteiger partial charge is 0.153 e. The molecule has 0 aliphatic heterocycles. The van der Waals surface area contributed by atoms with Crippen LogP contribution in [0.5, 0.6) is 0 Å². The molecule has 0 atom stereocenters. The average Bonchev–Trinajstić information content (AvgIpc) is 3.14. The van der Waals surface area contributed by atoms with Crippen LogP contribution >= 0.6 is 11.3 Å². The van der Waals surface area contributed by atoms with Crippen molar-refractivity contribution in [3.8, 4) is 11.3 Å². The number of furan rings is 1. The molecule has 0 saturated heterocycles. The second kappa shape index (κ2) is 4.92. The Balaban J connectivity index is 1.94. The summed E-state index contributed by atoms with van der Waals surface area (Å²) in [6.45, 7) is 4.36. The van der Waals surface area contributed by atoms with Gasteiger partial charge in [0, 0.05) is 27.4 Å². The molecule has 0 amide bonds. The fraction of sp³-hybridized carbons (Fsp3) is 0.0952. The van der Waals surface area contributed by atoms with Gasteiger partial charge in [-0.1, -0.05) is 24.3 Å². The molecule has 24 heavy (non-hydrogen) atoms. The van der Waals surface area contributed by atoms with Crippen molar-refractivity contribution in [2.75, 3.05) is 0 Å². The van der Waals surface area contributed by atoms with E-state index in [1.165, 1.54) is 25.9 Å². The van der Waals surface area contributed by atoms with Crippen molar-refractivity contribution in [1.82, 2.24) is 4.98 Å². The Morgan fingerprint density at radius 3 is 2.50 bits per heavy atom. The normalized spacial score (nSPS) is 11.8. The Morgan fingerprint density at radius 1 is 0.833 bits per heavy atom. The van der Waals surface area contributed by atoms with E-state index < -0.39 is 0 Å². The van der Waals surface area contributed by atoms with Crippen LogP contribution in [0.2, 0.25) is 0 Å². The third kappa shape index (κ3) is 1.79. The van der Waals surface area contributed by atoms with Crippen LogP contribution in [-0.4, -0.2) is 4.98 Å². The lowest BCUT2D eigenvalue weighted by Gasteiger charge is -2.00. The third-order valence-corrected chi connectivity index (χ3v) is 5.97. The SMILES string of the molecule is Cc1sc2c(ccc3c4cccc(-c5ccccn5)c4oc32)c1C. The van der Waals surface area contributed by atoms with Crippen LogP contribution in [0.15, 0.2) is 59.1 Å². The monoisotopic (exact) mass is 329 g/mol. The van der Waals surface area contributed by atoms with Gasteiger partial charge in [0.1, 0.15) is 5.58 Å². The van der Waals surface area contributed by atoms with Crippen LogP contribution in [0.1, 0.15) is 10.4 Å². The molecule has 5 rings (SSSR count). The maximum atomic E-state index is 6.39. The Hall–Kier alpha value is -2.65. The highest BCUT2D eigenvalue weighted by atomic mass is 32.1. The lowest BCUT2D eigenvalue weighted by atomic mass is 10.1. The number of para-hydroxylation sites is 1. The number of aryl methyl sites for hydroxylation is 2. The van der Waals surface area contributed by atoms with Gasteiger partial charge in [0.25, 0.3) is 0 Å². The molecule has 0 aliphatic rings. The van der Waals surface area contributed by atoms with Crippen molar-refractivity contribution in [3.63, 3.8) is 0 Å². The van der Waals surface area contributed by atoms with Crippen LogP contribution in [0.4, 0.5) is 0 Å². The van der Waals surface area contributed by atoms with E-state index in [1.54, 1.807) is 0 Å². The average molecular weight is 329 g/mol. The predicted molar refractivity (Wildman–Crippen MR) is 102 cm³/mol. The molecule has 3 aromatic heterocycles. The number of fused-ring (bicyclic) bond motifs is 5. The number of hydrogen-bond donors (Lipinski definition) is 0. The van der Waals surface area contributed by atoms with E-state index in [0.717, 1.165) is 27.8 Å². The van der Waals surface area contributed by atoms with Crippen LogP contribution in [-0.2, 0) is 0 Å². The quantitative estimate of drug-likeness (QED) is 0.352. The highest BCUT2D eigenvalue weighted by Gasteiger charge is 2.16. The molecular weight excluding hydrogens is 314 g/mol. The highest BCUT2D eigenvalue weighted by molar-refractivity contribution is 7.20. The molecule has 0 N–H and O–H groups in total. The van der Waals surface area contributed by atoms with E-state index >= 15 is 0 Å². The summed E-state index contributed by atoms with van der Waals surface area (Å²) in [5, 5.41) is 3.62. The lowest BCUT2D eigenvalue weighted by molar-refractivity contribution is 0.674. The maximum absolute atomic E-state index is 6.39. The molecular formula is C21H15NOS. The molecule has 0 unspecified atom stereocenters. The van der Waals surface area contributed by atoms with Crippen molar-refractivity contribution in [2.45, 2.75) is 13.8 Å². The molecule has 3 heteroatoms. The van der Waals surface area contributed by atoms with E-state index in [2.05, 4.69) is 49.2 Å². The molecule has 0 aliphatic carbocycles. The molecule has 3 heterocycles. The Morgan fingerprint density at radius 2 is 1.67 bits per heavy atom. The van der Waals surface area contributed by atoms with Crippen LogP contribution < -0.4 is 0 Å². The first-order valence-electron chi connectivity index (χ1n) is 7.99. The van der Waals surface area contributed by atoms with Gasteiger partial charge in [0.15, 0.2) is 5.58 Å². The zero-order valence-electron chi connectivity index (χ0n) is 13.5. The summed E-state index contributed by atoms with van der Waals surface area (Å²) in [5.41, 5.74) is 5.25. The van der Waals surface area contributed by atoms with E-state index in [-0.39, 0.29) is 0 Å². The molecule has 0 fully saturated rings. The van der Waals surface area contributed by atoms with E-state index in [0.29, 0.717) is 0 Å². The van der Waals surface area contributed by atoms with E-state index in [1.807, 2.05) is 35.7 Å². The minimum atomic E-state index is 0.919. The van der Waals surface area contributed by atoms with Gasteiger partial charge in [-0.3, -0.25) is 4.98 Å². The number of thiophene rings is 1. The van der Waals surface area contributed by atoms with Crippen molar-refractivity contribution in [3.05, 3.63) is 65.2 Å². The standard InChI is InChI=1S/C21H15NOS/c1-12-13(2)24-21-14(12)9-10-16-15-6-5-7-17(19(15)23-20(16)21)18-8-3-4-11-22-18/h3-11H,1-2H3. The van der Waals surface area contributed by atoms with Crippen LogP contribution in [0, 0.1) is 13.8 Å².